The molecule has 0 fully saturated rings. The number of urea groups is 1. The van der Waals surface area contributed by atoms with Crippen LogP contribution in [0.25, 0.3) is 0 Å². The third kappa shape index (κ3) is 3.48. The molecular formula is C16H18N4O3S. The number of methoxy groups -OCH3 is 1. The molecule has 3 amide bonds. The van der Waals surface area contributed by atoms with Gasteiger partial charge < -0.3 is 20.7 Å². The van der Waals surface area contributed by atoms with Gasteiger partial charge >= 0.3 is 6.03 Å². The second-order valence-electron chi connectivity index (χ2n) is 5.40. The van der Waals surface area contributed by atoms with Crippen LogP contribution in [0.4, 0.5) is 10.5 Å². The number of rotatable bonds is 3. The highest BCUT2D eigenvalue weighted by atomic mass is 32.1. The summed E-state index contributed by atoms with van der Waals surface area (Å²) in [6.45, 7) is 1.12. The summed E-state index contributed by atoms with van der Waals surface area (Å²) in [6, 6.07) is 7.07. The predicted octanol–water partition coefficient (Wildman–Crippen LogP) is 1.88. The van der Waals surface area contributed by atoms with E-state index < -0.39 is 5.91 Å². The van der Waals surface area contributed by atoms with Gasteiger partial charge in [0.1, 0.15) is 5.75 Å². The molecule has 8 heteroatoms. The Balaban J connectivity index is 1.65. The Morgan fingerprint density at radius 2 is 2.12 bits per heavy atom. The number of benzene rings is 1. The Hall–Kier alpha value is -2.61. The zero-order valence-corrected chi connectivity index (χ0v) is 14.1. The molecule has 0 atom stereocenters. The lowest BCUT2D eigenvalue weighted by atomic mass is 10.2. The van der Waals surface area contributed by atoms with Crippen LogP contribution in [0.1, 0.15) is 20.4 Å². The third-order valence-corrected chi connectivity index (χ3v) is 5.00. The maximum absolute atomic E-state index is 12.5. The molecule has 0 saturated carbocycles. The Bertz CT molecular complexity index is 749. The van der Waals surface area contributed by atoms with Crippen LogP contribution in [-0.2, 0) is 12.8 Å². The molecule has 2 aromatic rings. The van der Waals surface area contributed by atoms with E-state index in [9.17, 15) is 9.59 Å². The van der Waals surface area contributed by atoms with Crippen molar-refractivity contribution in [3.63, 3.8) is 0 Å². The molecule has 0 saturated heterocycles. The van der Waals surface area contributed by atoms with Gasteiger partial charge in [0.15, 0.2) is 5.01 Å². The molecule has 1 aliphatic rings. The number of aromatic nitrogens is 1. The number of nitrogens with zero attached hydrogens (tertiary/aromatic N) is 2. The summed E-state index contributed by atoms with van der Waals surface area (Å²) in [7, 11) is 1.58. The number of hydrogen-bond acceptors (Lipinski definition) is 5. The maximum Gasteiger partial charge on any atom is 0.321 e. The lowest BCUT2D eigenvalue weighted by Gasteiger charge is -2.21. The molecule has 7 nitrogen and oxygen atoms in total. The van der Waals surface area contributed by atoms with E-state index in [0.717, 1.165) is 10.6 Å². The minimum Gasteiger partial charge on any atom is -0.497 e. The molecule has 0 aliphatic carbocycles. The Morgan fingerprint density at radius 3 is 2.88 bits per heavy atom. The van der Waals surface area contributed by atoms with Crippen molar-refractivity contribution in [2.45, 2.75) is 12.8 Å². The molecule has 0 unspecified atom stereocenters. The summed E-state index contributed by atoms with van der Waals surface area (Å²) in [5, 5.41) is 3.22. The smallest absolute Gasteiger partial charge is 0.321 e. The van der Waals surface area contributed by atoms with E-state index in [0.29, 0.717) is 42.4 Å². The van der Waals surface area contributed by atoms with Gasteiger partial charge in [-0.05, 0) is 12.1 Å². The number of nitrogens with two attached hydrogens (primary N) is 1. The summed E-state index contributed by atoms with van der Waals surface area (Å²) in [4.78, 5) is 30.7. The summed E-state index contributed by atoms with van der Waals surface area (Å²) in [5.41, 5.74) is 6.83. The molecule has 3 N–H and O–H groups in total. The number of hydrogen-bond donors (Lipinski definition) is 2. The minimum absolute atomic E-state index is 0.159. The van der Waals surface area contributed by atoms with E-state index in [4.69, 9.17) is 10.5 Å². The Labute approximate surface area is 143 Å². The average Bonchev–Trinajstić information content (AvgIpc) is 2.88. The van der Waals surface area contributed by atoms with Gasteiger partial charge in [0.25, 0.3) is 5.91 Å². The lowest BCUT2D eigenvalue weighted by molar-refractivity contribution is 0.0999. The zero-order chi connectivity index (χ0) is 17.1. The summed E-state index contributed by atoms with van der Waals surface area (Å²) < 4.78 is 5.15. The van der Waals surface area contributed by atoms with Crippen molar-refractivity contribution < 1.29 is 14.3 Å². The number of carbonyl (C=O) groups is 2. The number of carbonyl (C=O) groups excluding carboxylic acids is 2. The van der Waals surface area contributed by atoms with Gasteiger partial charge in [0.05, 0.1) is 12.8 Å². The topological polar surface area (TPSA) is 97.6 Å². The monoisotopic (exact) mass is 346 g/mol. The van der Waals surface area contributed by atoms with Crippen molar-refractivity contribution in [2.75, 3.05) is 25.5 Å². The van der Waals surface area contributed by atoms with Crippen molar-refractivity contribution in [3.8, 4) is 5.75 Å². The summed E-state index contributed by atoms with van der Waals surface area (Å²) in [5.74, 6) is 0.190. The molecular weight excluding hydrogens is 328 g/mol. The van der Waals surface area contributed by atoms with Gasteiger partial charge in [-0.3, -0.25) is 4.79 Å². The average molecular weight is 346 g/mol. The standard InChI is InChI=1S/C16H18N4O3S/c1-23-11-4-2-3-10(9-11)18-16(22)20-7-5-12-13(6-8-20)24-15(19-12)14(17)21/h2-4,9H,5-8H2,1H3,(H2,17,21)(H,18,22). The normalized spacial score (nSPS) is 13.8. The second kappa shape index (κ2) is 6.88. The molecule has 1 aromatic heterocycles. The van der Waals surface area contributed by atoms with Crippen LogP contribution in [0.3, 0.4) is 0 Å². The highest BCUT2D eigenvalue weighted by molar-refractivity contribution is 7.13. The maximum atomic E-state index is 12.5. The summed E-state index contributed by atoms with van der Waals surface area (Å²) in [6.07, 6.45) is 1.29. The highest BCUT2D eigenvalue weighted by Gasteiger charge is 2.22. The van der Waals surface area contributed by atoms with Crippen molar-refractivity contribution in [1.82, 2.24) is 9.88 Å². The first-order valence-corrected chi connectivity index (χ1v) is 8.37. The van der Waals surface area contributed by atoms with E-state index in [-0.39, 0.29) is 6.03 Å². The van der Waals surface area contributed by atoms with Crippen molar-refractivity contribution in [2.24, 2.45) is 5.73 Å². The first-order valence-electron chi connectivity index (χ1n) is 7.55. The van der Waals surface area contributed by atoms with Gasteiger partial charge in [-0.15, -0.1) is 11.3 Å². The molecule has 126 valence electrons. The first kappa shape index (κ1) is 16.3. The van der Waals surface area contributed by atoms with Gasteiger partial charge in [-0.25, -0.2) is 9.78 Å². The Kier molecular flexibility index (Phi) is 4.66. The number of amides is 3. The lowest BCUT2D eigenvalue weighted by Crippen LogP contribution is -2.36. The second-order valence-corrected chi connectivity index (χ2v) is 6.49. The van der Waals surface area contributed by atoms with E-state index in [1.807, 2.05) is 18.2 Å². The third-order valence-electron chi connectivity index (χ3n) is 3.82. The number of ether oxygens (including phenoxy) is 1. The quantitative estimate of drug-likeness (QED) is 0.887. The fourth-order valence-corrected chi connectivity index (χ4v) is 3.52. The molecule has 2 heterocycles. The van der Waals surface area contributed by atoms with Gasteiger partial charge in [0, 0.05) is 42.6 Å². The number of thiazole rings is 1. The van der Waals surface area contributed by atoms with Crippen LogP contribution in [-0.4, -0.2) is 42.0 Å². The fourth-order valence-electron chi connectivity index (χ4n) is 2.58. The van der Waals surface area contributed by atoms with Gasteiger partial charge in [0.2, 0.25) is 0 Å². The van der Waals surface area contributed by atoms with Crippen LogP contribution in [0.5, 0.6) is 5.75 Å². The molecule has 0 radical (unpaired) electrons. The molecule has 0 bridgehead atoms. The largest absolute Gasteiger partial charge is 0.497 e. The number of primary amides is 1. The van der Waals surface area contributed by atoms with Crippen molar-refractivity contribution in [3.05, 3.63) is 39.8 Å². The molecule has 1 aliphatic heterocycles. The van der Waals surface area contributed by atoms with Crippen LogP contribution in [0.15, 0.2) is 24.3 Å². The van der Waals surface area contributed by atoms with Gasteiger partial charge in [-0.1, -0.05) is 6.07 Å². The SMILES string of the molecule is COc1cccc(NC(=O)N2CCc3nc(C(N)=O)sc3CC2)c1. The van der Waals surface area contributed by atoms with Crippen LogP contribution in [0, 0.1) is 0 Å². The number of nitrogens with one attached hydrogen (secondary N) is 1. The van der Waals surface area contributed by atoms with Crippen molar-refractivity contribution in [1.29, 1.82) is 0 Å². The van der Waals surface area contributed by atoms with E-state index in [1.165, 1.54) is 11.3 Å². The molecule has 24 heavy (non-hydrogen) atoms. The Morgan fingerprint density at radius 1 is 1.33 bits per heavy atom. The van der Waals surface area contributed by atoms with E-state index in [1.54, 1.807) is 18.1 Å². The van der Waals surface area contributed by atoms with Crippen LogP contribution < -0.4 is 15.8 Å². The first-order chi connectivity index (χ1) is 11.6. The molecule has 3 rings (SSSR count). The molecule has 0 spiro atoms. The fraction of sp³-hybridized carbons (Fsp3) is 0.312. The van der Waals surface area contributed by atoms with E-state index in [2.05, 4.69) is 10.3 Å². The molecule has 1 aromatic carbocycles. The minimum atomic E-state index is -0.499. The predicted molar refractivity (Wildman–Crippen MR) is 91.6 cm³/mol. The number of fused-ring (bicyclic) bond motifs is 1. The van der Waals surface area contributed by atoms with Crippen LogP contribution in [0.2, 0.25) is 0 Å². The van der Waals surface area contributed by atoms with Gasteiger partial charge in [-0.2, -0.15) is 0 Å². The zero-order valence-electron chi connectivity index (χ0n) is 13.2. The highest BCUT2D eigenvalue weighted by Crippen LogP contribution is 2.23. The van der Waals surface area contributed by atoms with Crippen molar-refractivity contribution >= 4 is 29.0 Å². The number of anilines is 1. The van der Waals surface area contributed by atoms with Crippen LogP contribution >= 0.6 is 11.3 Å². The van der Waals surface area contributed by atoms with E-state index >= 15 is 0 Å². The summed E-state index contributed by atoms with van der Waals surface area (Å²) >= 11 is 1.32.